The van der Waals surface area contributed by atoms with Crippen LogP contribution >= 0.6 is 11.6 Å². The molecule has 4 aromatic rings. The van der Waals surface area contributed by atoms with Crippen LogP contribution in [-0.2, 0) is 11.8 Å². The number of nitrogens with one attached hydrogen (secondary N) is 2. The number of piperazine rings is 1. The van der Waals surface area contributed by atoms with Gasteiger partial charge in [0, 0.05) is 68.3 Å². The number of halogens is 1. The van der Waals surface area contributed by atoms with Crippen molar-refractivity contribution in [2.45, 2.75) is 12.8 Å². The number of aromatic nitrogens is 3. The lowest BCUT2D eigenvalue weighted by molar-refractivity contribution is -0.111. The molecule has 2 aromatic carbocycles. The summed E-state index contributed by atoms with van der Waals surface area (Å²) in [6.45, 7) is 9.09. The summed E-state index contributed by atoms with van der Waals surface area (Å²) < 4.78 is 7.63. The topological polar surface area (TPSA) is 87.5 Å². The number of nitrogens with zero attached hydrogens (tertiary/aromatic N) is 5. The average Bonchev–Trinajstić information content (AvgIpc) is 3.75. The molecule has 0 radical (unpaired) electrons. The molecule has 0 spiro atoms. The van der Waals surface area contributed by atoms with Crippen molar-refractivity contribution >= 4 is 51.4 Å². The van der Waals surface area contributed by atoms with Crippen LogP contribution in [0.3, 0.4) is 0 Å². The Morgan fingerprint density at radius 3 is 2.71 bits per heavy atom. The van der Waals surface area contributed by atoms with Gasteiger partial charge in [0.15, 0.2) is 0 Å². The number of methoxy groups -OCH3 is 1. The molecule has 2 aliphatic rings. The first-order chi connectivity index (χ1) is 19.9. The van der Waals surface area contributed by atoms with Crippen molar-refractivity contribution in [2.24, 2.45) is 13.0 Å². The predicted octanol–water partition coefficient (Wildman–Crippen LogP) is 5.70. The number of rotatable bonds is 9. The van der Waals surface area contributed by atoms with Gasteiger partial charge in [-0.15, -0.1) is 0 Å². The van der Waals surface area contributed by atoms with E-state index in [4.69, 9.17) is 21.3 Å². The molecule has 3 heterocycles. The quantitative estimate of drug-likeness (QED) is 0.249. The van der Waals surface area contributed by atoms with Crippen molar-refractivity contribution < 1.29 is 9.53 Å². The lowest BCUT2D eigenvalue weighted by Gasteiger charge is -2.36. The summed E-state index contributed by atoms with van der Waals surface area (Å²) in [4.78, 5) is 26.1. The number of carbonyl (C=O) groups is 1. The second-order valence-corrected chi connectivity index (χ2v) is 11.1. The number of hydrogen-bond acceptors (Lipinski definition) is 7. The second-order valence-electron chi connectivity index (χ2n) is 10.7. The highest BCUT2D eigenvalue weighted by Gasteiger charge is 2.26. The molecule has 1 saturated heterocycles. The lowest BCUT2D eigenvalue weighted by Crippen LogP contribution is -2.47. The minimum absolute atomic E-state index is 0.305. The van der Waals surface area contributed by atoms with E-state index in [2.05, 4.69) is 61.0 Å². The highest BCUT2D eigenvalue weighted by atomic mass is 35.5. The van der Waals surface area contributed by atoms with Crippen LogP contribution in [0.5, 0.6) is 5.75 Å². The minimum Gasteiger partial charge on any atom is -0.495 e. The molecule has 1 amide bonds. The summed E-state index contributed by atoms with van der Waals surface area (Å²) in [6.07, 6.45) is 7.67. The predicted molar refractivity (Wildman–Crippen MR) is 165 cm³/mol. The van der Waals surface area contributed by atoms with E-state index in [0.717, 1.165) is 48.6 Å². The second kappa shape index (κ2) is 11.4. The number of anilines is 4. The van der Waals surface area contributed by atoms with E-state index in [-0.39, 0.29) is 5.91 Å². The number of ether oxygens (including phenoxy) is 1. The molecular weight excluding hydrogens is 538 g/mol. The molecule has 1 aliphatic heterocycles. The first kappa shape index (κ1) is 27.1. The Balaban J connectivity index is 1.26. The van der Waals surface area contributed by atoms with Crippen molar-refractivity contribution in [2.75, 3.05) is 55.4 Å². The van der Waals surface area contributed by atoms with Crippen LogP contribution in [0.2, 0.25) is 5.02 Å². The van der Waals surface area contributed by atoms with Crippen molar-refractivity contribution in [3.05, 3.63) is 66.5 Å². The summed E-state index contributed by atoms with van der Waals surface area (Å²) in [5.41, 5.74) is 5.10. The van der Waals surface area contributed by atoms with Crippen LogP contribution in [0.25, 0.3) is 22.2 Å². The largest absolute Gasteiger partial charge is 0.495 e. The molecule has 6 rings (SSSR count). The van der Waals surface area contributed by atoms with Gasteiger partial charge < -0.3 is 24.8 Å². The molecule has 10 heteroatoms. The zero-order valence-corrected chi connectivity index (χ0v) is 24.1. The molecule has 212 valence electrons. The van der Waals surface area contributed by atoms with Gasteiger partial charge in [0.1, 0.15) is 5.75 Å². The van der Waals surface area contributed by atoms with Gasteiger partial charge in [-0.1, -0.05) is 24.2 Å². The fourth-order valence-electron chi connectivity index (χ4n) is 5.43. The molecular formula is C31H34ClN7O2. The number of carbonyl (C=O) groups excluding carboxylic acids is 1. The maximum Gasteiger partial charge on any atom is 0.247 e. The van der Waals surface area contributed by atoms with Gasteiger partial charge in [0.25, 0.3) is 0 Å². The number of fused-ring (bicyclic) bond motifs is 1. The molecule has 2 N–H and O–H groups in total. The van der Waals surface area contributed by atoms with Gasteiger partial charge >= 0.3 is 0 Å². The minimum atomic E-state index is -0.305. The molecule has 0 unspecified atom stereocenters. The Labute approximate surface area is 244 Å². The maximum absolute atomic E-state index is 11.8. The first-order valence-electron chi connectivity index (χ1n) is 13.9. The Morgan fingerprint density at radius 1 is 1.17 bits per heavy atom. The Morgan fingerprint density at radius 2 is 1.98 bits per heavy atom. The van der Waals surface area contributed by atoms with Crippen LogP contribution in [0.15, 0.2) is 61.4 Å². The van der Waals surface area contributed by atoms with Crippen molar-refractivity contribution in [1.29, 1.82) is 0 Å². The number of benzene rings is 2. The molecule has 1 saturated carbocycles. The van der Waals surface area contributed by atoms with E-state index in [1.165, 1.54) is 31.1 Å². The molecule has 9 nitrogen and oxygen atoms in total. The number of amides is 1. The van der Waals surface area contributed by atoms with E-state index >= 15 is 0 Å². The normalized spacial score (nSPS) is 15.6. The molecule has 41 heavy (non-hydrogen) atoms. The van der Waals surface area contributed by atoms with Crippen LogP contribution < -0.4 is 20.3 Å². The van der Waals surface area contributed by atoms with Crippen LogP contribution in [0, 0.1) is 5.92 Å². The van der Waals surface area contributed by atoms with Gasteiger partial charge in [-0.05, 0) is 55.2 Å². The van der Waals surface area contributed by atoms with Gasteiger partial charge in [0.2, 0.25) is 11.9 Å². The Bertz CT molecular complexity index is 1610. The van der Waals surface area contributed by atoms with Gasteiger partial charge in [0.05, 0.1) is 35.2 Å². The van der Waals surface area contributed by atoms with Crippen LogP contribution in [-0.4, -0.2) is 65.2 Å². The van der Waals surface area contributed by atoms with Crippen LogP contribution in [0.4, 0.5) is 23.0 Å². The highest BCUT2D eigenvalue weighted by molar-refractivity contribution is 6.33. The lowest BCUT2D eigenvalue weighted by atomic mass is 10.1. The molecule has 1 aliphatic carbocycles. The molecule has 2 fully saturated rings. The molecule has 2 aromatic heterocycles. The summed E-state index contributed by atoms with van der Waals surface area (Å²) >= 11 is 6.65. The van der Waals surface area contributed by atoms with Crippen molar-refractivity contribution in [3.8, 4) is 17.0 Å². The number of aryl methyl sites for hydroxylation is 1. The van der Waals surface area contributed by atoms with E-state index in [1.807, 2.05) is 7.05 Å². The standard InChI is InChI=1S/C31H34ClN7O2/c1-4-29(40)34-21-7-10-28(41-3)26(15-21)35-31-33-17-25(32)30(36-31)24-19-37(2)27-16-22(8-9-23(24)27)39-13-11-38(12-14-39)18-20-5-6-20/h4,7-10,15-17,19-20H,1,5-6,11-14,18H2,2-3H3,(H,34,40)(H,33,35,36). The summed E-state index contributed by atoms with van der Waals surface area (Å²) in [7, 11) is 3.63. The summed E-state index contributed by atoms with van der Waals surface area (Å²) in [6, 6.07) is 11.9. The SMILES string of the molecule is C=CC(=O)Nc1ccc(OC)c(Nc2ncc(Cl)c(-c3cn(C)c4cc(N5CCN(CC6CC6)CC5)ccc34)n2)c1. The van der Waals surface area contributed by atoms with Gasteiger partial charge in [-0.3, -0.25) is 9.69 Å². The third-order valence-electron chi connectivity index (χ3n) is 7.82. The Kier molecular flexibility index (Phi) is 7.55. The van der Waals surface area contributed by atoms with E-state index < -0.39 is 0 Å². The highest BCUT2D eigenvalue weighted by Crippen LogP contribution is 2.37. The zero-order valence-electron chi connectivity index (χ0n) is 23.4. The summed E-state index contributed by atoms with van der Waals surface area (Å²) in [5.74, 6) is 1.56. The van der Waals surface area contributed by atoms with E-state index in [1.54, 1.807) is 31.5 Å². The van der Waals surface area contributed by atoms with Crippen LogP contribution in [0.1, 0.15) is 12.8 Å². The molecule has 0 atom stereocenters. The molecule has 0 bridgehead atoms. The average molecular weight is 572 g/mol. The zero-order chi connectivity index (χ0) is 28.5. The monoisotopic (exact) mass is 571 g/mol. The number of hydrogen-bond donors (Lipinski definition) is 2. The van der Waals surface area contributed by atoms with Crippen molar-refractivity contribution in [3.63, 3.8) is 0 Å². The fraction of sp³-hybridized carbons (Fsp3) is 0.323. The van der Waals surface area contributed by atoms with E-state index in [0.29, 0.717) is 33.8 Å². The third-order valence-corrected chi connectivity index (χ3v) is 8.10. The van der Waals surface area contributed by atoms with Gasteiger partial charge in [-0.2, -0.15) is 0 Å². The first-order valence-corrected chi connectivity index (χ1v) is 14.3. The summed E-state index contributed by atoms with van der Waals surface area (Å²) in [5, 5.41) is 7.50. The van der Waals surface area contributed by atoms with Crippen molar-refractivity contribution in [1.82, 2.24) is 19.4 Å². The third kappa shape index (κ3) is 5.87. The van der Waals surface area contributed by atoms with Gasteiger partial charge in [-0.25, -0.2) is 9.97 Å². The Hall–Kier alpha value is -4.08. The van der Waals surface area contributed by atoms with E-state index in [9.17, 15) is 4.79 Å². The smallest absolute Gasteiger partial charge is 0.247 e. The maximum atomic E-state index is 11.8. The fourth-order valence-corrected chi connectivity index (χ4v) is 5.62.